The summed E-state index contributed by atoms with van der Waals surface area (Å²) in [6.45, 7) is 3.07. The number of carbonyl (C=O) groups excluding carboxylic acids is 2. The number of thiazole rings is 1. The Bertz CT molecular complexity index is 1310. The van der Waals surface area contributed by atoms with E-state index in [0.717, 1.165) is 9.88 Å². The minimum Gasteiger partial charge on any atom is -0.326 e. The minimum absolute atomic E-state index is 0.195. The number of amides is 2. The predicted molar refractivity (Wildman–Crippen MR) is 119 cm³/mol. The molecule has 0 saturated carbocycles. The van der Waals surface area contributed by atoms with E-state index in [-0.39, 0.29) is 18.4 Å². The van der Waals surface area contributed by atoms with E-state index in [1.807, 2.05) is 24.4 Å². The van der Waals surface area contributed by atoms with E-state index >= 15 is 0 Å². The number of hydrogen-bond acceptors (Lipinski definition) is 7. The van der Waals surface area contributed by atoms with E-state index in [1.54, 1.807) is 24.3 Å². The fourth-order valence-corrected chi connectivity index (χ4v) is 4.62. The van der Waals surface area contributed by atoms with Crippen molar-refractivity contribution in [2.45, 2.75) is 20.4 Å². The zero-order chi connectivity index (χ0) is 21.3. The van der Waals surface area contributed by atoms with Crippen molar-refractivity contribution in [2.24, 2.45) is 0 Å². The Labute approximate surface area is 179 Å². The second kappa shape index (κ2) is 8.17. The van der Waals surface area contributed by atoms with Crippen molar-refractivity contribution in [3.63, 3.8) is 0 Å². The molecule has 0 fully saturated rings. The number of hydrogen-bond donors (Lipinski definition) is 2. The van der Waals surface area contributed by atoms with Crippen molar-refractivity contribution in [3.8, 4) is 10.6 Å². The van der Waals surface area contributed by atoms with Crippen LogP contribution in [0.3, 0.4) is 0 Å². The van der Waals surface area contributed by atoms with E-state index in [4.69, 9.17) is 0 Å². The van der Waals surface area contributed by atoms with Crippen molar-refractivity contribution in [1.82, 2.24) is 14.5 Å². The number of thiophene rings is 1. The normalized spacial score (nSPS) is 10.9. The first-order valence-corrected chi connectivity index (χ1v) is 10.7. The van der Waals surface area contributed by atoms with Crippen LogP contribution in [-0.2, 0) is 16.1 Å². The van der Waals surface area contributed by atoms with Crippen molar-refractivity contribution in [1.29, 1.82) is 0 Å². The lowest BCUT2D eigenvalue weighted by Gasteiger charge is -2.10. The zero-order valence-electron chi connectivity index (χ0n) is 16.1. The molecule has 30 heavy (non-hydrogen) atoms. The van der Waals surface area contributed by atoms with Crippen molar-refractivity contribution in [2.75, 3.05) is 10.6 Å². The minimum atomic E-state index is -0.503. The molecule has 152 valence electrons. The number of nitrogens with zero attached hydrogens (tertiary/aromatic N) is 3. The molecule has 4 aromatic rings. The molecule has 4 rings (SSSR count). The predicted octanol–water partition coefficient (Wildman–Crippen LogP) is 3.49. The Balaban J connectivity index is 1.64. The lowest BCUT2D eigenvalue weighted by atomic mass is 10.2. The monoisotopic (exact) mass is 439 g/mol. The zero-order valence-corrected chi connectivity index (χ0v) is 17.8. The molecular weight excluding hydrogens is 422 g/mol. The molecule has 0 radical (unpaired) electrons. The Hall–Kier alpha value is -3.37. The van der Waals surface area contributed by atoms with Crippen LogP contribution in [0.2, 0.25) is 0 Å². The van der Waals surface area contributed by atoms with Gasteiger partial charge in [0.1, 0.15) is 22.6 Å². The topological polar surface area (TPSA) is 106 Å². The van der Waals surface area contributed by atoms with Gasteiger partial charge in [0.05, 0.1) is 9.88 Å². The third kappa shape index (κ3) is 4.14. The average Bonchev–Trinajstić information content (AvgIpc) is 3.33. The molecule has 0 aliphatic rings. The maximum Gasteiger partial charge on any atom is 0.349 e. The first-order valence-electron chi connectivity index (χ1n) is 9.00. The third-order valence-electron chi connectivity index (χ3n) is 4.15. The molecule has 0 bridgehead atoms. The molecule has 0 aliphatic heterocycles. The van der Waals surface area contributed by atoms with Crippen LogP contribution in [0.5, 0.6) is 0 Å². The van der Waals surface area contributed by atoms with Crippen molar-refractivity contribution >= 4 is 56.2 Å². The standard InChI is InChI=1S/C20H17N5O3S2/c1-11(26)21-13-5-3-6-14(9-13)23-16(27)10-25-19-18(22-12(2)30-19)17(24-20(25)28)15-7-4-8-29-15/h3-9H,10H2,1-2H3,(H,21,26)(H,23,27). The molecule has 1 aromatic carbocycles. The summed E-state index contributed by atoms with van der Waals surface area (Å²) in [5.41, 5.74) is 1.73. The first kappa shape index (κ1) is 19.9. The summed E-state index contributed by atoms with van der Waals surface area (Å²) in [7, 11) is 0. The van der Waals surface area contributed by atoms with Gasteiger partial charge in [-0.05, 0) is 36.6 Å². The maximum atomic E-state index is 12.7. The molecule has 3 aromatic heterocycles. The van der Waals surface area contributed by atoms with Gasteiger partial charge in [0.25, 0.3) is 0 Å². The summed E-state index contributed by atoms with van der Waals surface area (Å²) in [6, 6.07) is 10.6. The molecule has 0 atom stereocenters. The number of carbonyl (C=O) groups is 2. The summed E-state index contributed by atoms with van der Waals surface area (Å²) in [5.74, 6) is -0.583. The van der Waals surface area contributed by atoms with E-state index < -0.39 is 5.69 Å². The fraction of sp³-hybridized carbons (Fsp3) is 0.150. The second-order valence-corrected chi connectivity index (χ2v) is 8.63. The van der Waals surface area contributed by atoms with Crippen molar-refractivity contribution in [3.05, 3.63) is 57.3 Å². The van der Waals surface area contributed by atoms with Gasteiger partial charge in [0.2, 0.25) is 11.8 Å². The molecular formula is C20H17N5O3S2. The summed E-state index contributed by atoms with van der Waals surface area (Å²) in [6.07, 6.45) is 0. The Kier molecular flexibility index (Phi) is 5.42. The molecule has 2 N–H and O–H groups in total. The lowest BCUT2D eigenvalue weighted by molar-refractivity contribution is -0.117. The van der Waals surface area contributed by atoms with Crippen LogP contribution in [0.1, 0.15) is 11.9 Å². The number of fused-ring (bicyclic) bond motifs is 1. The number of benzene rings is 1. The van der Waals surface area contributed by atoms with E-state index in [1.165, 1.54) is 34.2 Å². The third-order valence-corrected chi connectivity index (χ3v) is 6.02. The van der Waals surface area contributed by atoms with Crippen LogP contribution in [0, 0.1) is 6.92 Å². The summed E-state index contributed by atoms with van der Waals surface area (Å²) in [4.78, 5) is 46.8. The number of rotatable bonds is 5. The molecule has 8 nitrogen and oxygen atoms in total. The molecule has 10 heteroatoms. The van der Waals surface area contributed by atoms with E-state index in [2.05, 4.69) is 20.6 Å². The second-order valence-electron chi connectivity index (χ2n) is 6.50. The summed E-state index contributed by atoms with van der Waals surface area (Å²) >= 11 is 2.83. The molecule has 0 spiro atoms. The van der Waals surface area contributed by atoms with Gasteiger partial charge < -0.3 is 10.6 Å². The van der Waals surface area contributed by atoms with Gasteiger partial charge in [-0.3, -0.25) is 14.2 Å². The van der Waals surface area contributed by atoms with Crippen LogP contribution in [0.4, 0.5) is 11.4 Å². The lowest BCUT2D eigenvalue weighted by Crippen LogP contribution is -2.29. The van der Waals surface area contributed by atoms with Gasteiger partial charge in [-0.1, -0.05) is 12.1 Å². The highest BCUT2D eigenvalue weighted by Gasteiger charge is 2.18. The molecule has 3 heterocycles. The quantitative estimate of drug-likeness (QED) is 0.495. The average molecular weight is 440 g/mol. The maximum absolute atomic E-state index is 12.7. The van der Waals surface area contributed by atoms with Crippen LogP contribution in [0.15, 0.2) is 46.6 Å². The number of anilines is 2. The van der Waals surface area contributed by atoms with Crippen LogP contribution in [0.25, 0.3) is 20.9 Å². The van der Waals surface area contributed by atoms with Gasteiger partial charge in [-0.25, -0.2) is 9.78 Å². The van der Waals surface area contributed by atoms with Crippen LogP contribution < -0.4 is 16.3 Å². The molecule has 0 unspecified atom stereocenters. The van der Waals surface area contributed by atoms with Crippen LogP contribution in [-0.4, -0.2) is 26.3 Å². The van der Waals surface area contributed by atoms with Crippen LogP contribution >= 0.6 is 22.7 Å². The van der Waals surface area contributed by atoms with E-state index in [9.17, 15) is 14.4 Å². The first-order chi connectivity index (χ1) is 14.4. The van der Waals surface area contributed by atoms with Gasteiger partial charge in [0, 0.05) is 18.3 Å². The van der Waals surface area contributed by atoms with Gasteiger partial charge in [0.15, 0.2) is 0 Å². The highest BCUT2D eigenvalue weighted by molar-refractivity contribution is 7.18. The Morgan fingerprint density at radius 1 is 1.10 bits per heavy atom. The Morgan fingerprint density at radius 2 is 1.87 bits per heavy atom. The molecule has 0 aliphatic carbocycles. The highest BCUT2D eigenvalue weighted by Crippen LogP contribution is 2.31. The Morgan fingerprint density at radius 3 is 2.57 bits per heavy atom. The SMILES string of the molecule is CC(=O)Nc1cccc(NC(=O)Cn2c(=O)nc(-c3cccs3)c3nc(C)sc32)c1. The van der Waals surface area contributed by atoms with E-state index in [0.29, 0.717) is 27.4 Å². The smallest absolute Gasteiger partial charge is 0.326 e. The van der Waals surface area contributed by atoms with Crippen molar-refractivity contribution < 1.29 is 9.59 Å². The fourth-order valence-electron chi connectivity index (χ4n) is 3.00. The molecule has 2 amide bonds. The number of aromatic nitrogens is 3. The van der Waals surface area contributed by atoms with Gasteiger partial charge in [-0.15, -0.1) is 22.7 Å². The molecule has 0 saturated heterocycles. The number of aryl methyl sites for hydroxylation is 1. The summed E-state index contributed by atoms with van der Waals surface area (Å²) in [5, 5.41) is 8.11. The number of nitrogens with one attached hydrogen (secondary N) is 2. The largest absolute Gasteiger partial charge is 0.349 e. The van der Waals surface area contributed by atoms with Gasteiger partial charge >= 0.3 is 5.69 Å². The highest BCUT2D eigenvalue weighted by atomic mass is 32.1. The van der Waals surface area contributed by atoms with Gasteiger partial charge in [-0.2, -0.15) is 4.98 Å². The summed E-state index contributed by atoms with van der Waals surface area (Å²) < 4.78 is 1.34.